The van der Waals surface area contributed by atoms with Crippen LogP contribution in [0.1, 0.15) is 21.0 Å². The monoisotopic (exact) mass is 469 g/mol. The molecule has 0 fully saturated rings. The van der Waals surface area contributed by atoms with Crippen molar-refractivity contribution in [1.82, 2.24) is 14.8 Å². The van der Waals surface area contributed by atoms with Crippen LogP contribution in [0, 0.1) is 5.82 Å². The van der Waals surface area contributed by atoms with Crippen molar-refractivity contribution in [2.24, 2.45) is 0 Å². The van der Waals surface area contributed by atoms with Gasteiger partial charge in [0, 0.05) is 21.2 Å². The Morgan fingerprint density at radius 1 is 0.875 bits per heavy atom. The van der Waals surface area contributed by atoms with Crippen LogP contribution in [0.2, 0.25) is 10.0 Å². The van der Waals surface area contributed by atoms with E-state index in [0.29, 0.717) is 32.7 Å². The van der Waals surface area contributed by atoms with Crippen molar-refractivity contribution in [3.05, 3.63) is 100 Å². The molecule has 32 heavy (non-hydrogen) atoms. The smallest absolute Gasteiger partial charge is 0.378 e. The van der Waals surface area contributed by atoms with Gasteiger partial charge in [-0.05, 0) is 72.8 Å². The van der Waals surface area contributed by atoms with Crippen molar-refractivity contribution in [2.75, 3.05) is 6.61 Å². The lowest BCUT2D eigenvalue weighted by molar-refractivity contribution is 0.0462. The molecular formula is C23H14Cl2FN3O3. The van der Waals surface area contributed by atoms with Gasteiger partial charge < -0.3 is 4.74 Å². The molecule has 0 radical (unpaired) electrons. The predicted octanol–water partition coefficient (Wildman–Crippen LogP) is 5.42. The summed E-state index contributed by atoms with van der Waals surface area (Å²) in [5.74, 6) is -1.63. The molecule has 0 bridgehead atoms. The molecule has 0 atom stereocenters. The maximum absolute atomic E-state index is 13.4. The van der Waals surface area contributed by atoms with Crippen LogP contribution in [0.15, 0.2) is 72.8 Å². The van der Waals surface area contributed by atoms with Crippen LogP contribution >= 0.6 is 23.2 Å². The zero-order chi connectivity index (χ0) is 22.7. The summed E-state index contributed by atoms with van der Waals surface area (Å²) in [7, 11) is 0. The number of hydrogen-bond acceptors (Lipinski definition) is 5. The number of ketones is 1. The summed E-state index contributed by atoms with van der Waals surface area (Å²) < 4.78 is 19.9. The number of hydrogen-bond donors (Lipinski definition) is 0. The van der Waals surface area contributed by atoms with E-state index in [4.69, 9.17) is 27.9 Å². The van der Waals surface area contributed by atoms with Gasteiger partial charge in [0.15, 0.2) is 18.2 Å². The molecular weight excluding hydrogens is 456 g/mol. The van der Waals surface area contributed by atoms with Gasteiger partial charge in [-0.3, -0.25) is 4.79 Å². The average Bonchev–Trinajstić information content (AvgIpc) is 3.24. The number of ether oxygens (including phenoxy) is 1. The van der Waals surface area contributed by atoms with Crippen LogP contribution in [0.5, 0.6) is 0 Å². The highest BCUT2D eigenvalue weighted by Gasteiger charge is 2.21. The highest BCUT2D eigenvalue weighted by atomic mass is 35.5. The van der Waals surface area contributed by atoms with Crippen LogP contribution < -0.4 is 0 Å². The standard InChI is InChI=1S/C23H14Cl2FN3O3/c24-16-5-1-14(2-6-16)20(30)13-32-23(31)21-27-22(15-3-9-18(26)10-4-15)29(28-21)19-11-7-17(25)8-12-19/h1-12H,13H2. The lowest BCUT2D eigenvalue weighted by Crippen LogP contribution is -2.15. The molecule has 0 N–H and O–H groups in total. The number of rotatable bonds is 6. The molecule has 1 heterocycles. The average molecular weight is 470 g/mol. The van der Waals surface area contributed by atoms with Crippen LogP contribution in [-0.4, -0.2) is 33.1 Å². The first kappa shape index (κ1) is 21.7. The molecule has 0 spiro atoms. The number of halogens is 3. The second-order valence-electron chi connectivity index (χ2n) is 6.66. The maximum Gasteiger partial charge on any atom is 0.378 e. The van der Waals surface area contributed by atoms with E-state index in [-0.39, 0.29) is 5.82 Å². The molecule has 0 amide bonds. The number of esters is 1. The van der Waals surface area contributed by atoms with Crippen molar-refractivity contribution in [3.8, 4) is 17.1 Å². The minimum atomic E-state index is -0.872. The Hall–Kier alpha value is -3.55. The highest BCUT2D eigenvalue weighted by Crippen LogP contribution is 2.23. The summed E-state index contributed by atoms with van der Waals surface area (Å²) >= 11 is 11.8. The molecule has 4 rings (SSSR count). The molecule has 0 unspecified atom stereocenters. The molecule has 160 valence electrons. The van der Waals surface area contributed by atoms with Crippen molar-refractivity contribution in [1.29, 1.82) is 0 Å². The van der Waals surface area contributed by atoms with Gasteiger partial charge in [-0.15, -0.1) is 5.10 Å². The van der Waals surface area contributed by atoms with E-state index in [2.05, 4.69) is 10.1 Å². The second kappa shape index (κ2) is 9.30. The molecule has 0 saturated carbocycles. The number of aromatic nitrogens is 3. The number of nitrogens with zero attached hydrogens (tertiary/aromatic N) is 3. The zero-order valence-corrected chi connectivity index (χ0v) is 17.8. The molecule has 0 aliphatic rings. The fourth-order valence-corrected chi connectivity index (χ4v) is 3.11. The molecule has 9 heteroatoms. The first-order chi connectivity index (χ1) is 15.4. The quantitative estimate of drug-likeness (QED) is 0.278. The van der Waals surface area contributed by atoms with E-state index < -0.39 is 24.2 Å². The van der Waals surface area contributed by atoms with E-state index in [1.807, 2.05) is 0 Å². The molecule has 4 aromatic rings. The first-order valence-corrected chi connectivity index (χ1v) is 10.1. The fourth-order valence-electron chi connectivity index (χ4n) is 2.86. The SMILES string of the molecule is O=C(COC(=O)c1nc(-c2ccc(F)cc2)n(-c2ccc(Cl)cc2)n1)c1ccc(Cl)cc1. The summed E-state index contributed by atoms with van der Waals surface area (Å²) in [5.41, 5.74) is 1.47. The first-order valence-electron chi connectivity index (χ1n) is 9.35. The zero-order valence-electron chi connectivity index (χ0n) is 16.3. The fraction of sp³-hybridized carbons (Fsp3) is 0.0435. The van der Waals surface area contributed by atoms with Crippen molar-refractivity contribution in [3.63, 3.8) is 0 Å². The van der Waals surface area contributed by atoms with Gasteiger partial charge in [-0.2, -0.15) is 0 Å². The van der Waals surface area contributed by atoms with Crippen LogP contribution in [0.3, 0.4) is 0 Å². The summed E-state index contributed by atoms with van der Waals surface area (Å²) in [4.78, 5) is 29.1. The van der Waals surface area contributed by atoms with Gasteiger partial charge >= 0.3 is 5.97 Å². The van der Waals surface area contributed by atoms with Crippen molar-refractivity contribution >= 4 is 35.0 Å². The Balaban J connectivity index is 1.60. The minimum absolute atomic E-state index is 0.247. The van der Waals surface area contributed by atoms with Gasteiger partial charge in [-0.1, -0.05) is 23.2 Å². The summed E-state index contributed by atoms with van der Waals surface area (Å²) in [6, 6.07) is 18.5. The topological polar surface area (TPSA) is 74.1 Å². The number of benzene rings is 3. The van der Waals surface area contributed by atoms with E-state index in [1.165, 1.54) is 28.9 Å². The third kappa shape index (κ3) is 4.85. The van der Waals surface area contributed by atoms with Crippen LogP contribution in [0.4, 0.5) is 4.39 Å². The van der Waals surface area contributed by atoms with Crippen molar-refractivity contribution in [2.45, 2.75) is 0 Å². The molecule has 6 nitrogen and oxygen atoms in total. The lowest BCUT2D eigenvalue weighted by Gasteiger charge is -2.06. The maximum atomic E-state index is 13.4. The third-order valence-electron chi connectivity index (χ3n) is 4.46. The Labute approximate surface area is 192 Å². The Bertz CT molecular complexity index is 1210. The Morgan fingerprint density at radius 2 is 1.47 bits per heavy atom. The summed E-state index contributed by atoms with van der Waals surface area (Å²) in [5, 5.41) is 5.25. The summed E-state index contributed by atoms with van der Waals surface area (Å²) in [6.07, 6.45) is 0. The predicted molar refractivity (Wildman–Crippen MR) is 118 cm³/mol. The van der Waals surface area contributed by atoms with Gasteiger partial charge in [0.05, 0.1) is 5.69 Å². The minimum Gasteiger partial charge on any atom is -0.451 e. The second-order valence-corrected chi connectivity index (χ2v) is 7.53. The Kier molecular flexibility index (Phi) is 6.30. The molecule has 0 aliphatic carbocycles. The van der Waals surface area contributed by atoms with Crippen molar-refractivity contribution < 1.29 is 18.7 Å². The normalized spacial score (nSPS) is 10.7. The largest absolute Gasteiger partial charge is 0.451 e. The summed E-state index contributed by atoms with van der Waals surface area (Å²) in [6.45, 7) is -0.484. The highest BCUT2D eigenvalue weighted by molar-refractivity contribution is 6.30. The van der Waals surface area contributed by atoms with Gasteiger partial charge in [0.1, 0.15) is 5.82 Å². The number of Topliss-reactive ketones (excluding diaryl/α,β-unsaturated/α-hetero) is 1. The van der Waals surface area contributed by atoms with Crippen LogP contribution in [0.25, 0.3) is 17.1 Å². The molecule has 0 aliphatic heterocycles. The lowest BCUT2D eigenvalue weighted by atomic mass is 10.1. The van der Waals surface area contributed by atoms with Gasteiger partial charge in [0.2, 0.25) is 0 Å². The Morgan fingerprint density at radius 3 is 2.09 bits per heavy atom. The van der Waals surface area contributed by atoms with E-state index in [9.17, 15) is 14.0 Å². The molecule has 0 saturated heterocycles. The van der Waals surface area contributed by atoms with Gasteiger partial charge in [-0.25, -0.2) is 18.9 Å². The van der Waals surface area contributed by atoms with E-state index >= 15 is 0 Å². The molecule has 3 aromatic carbocycles. The number of carbonyl (C=O) groups excluding carboxylic acids is 2. The molecule has 1 aromatic heterocycles. The van der Waals surface area contributed by atoms with Gasteiger partial charge in [0.25, 0.3) is 5.82 Å². The van der Waals surface area contributed by atoms with E-state index in [1.54, 1.807) is 48.5 Å². The number of carbonyl (C=O) groups is 2. The van der Waals surface area contributed by atoms with Crippen LogP contribution in [-0.2, 0) is 4.74 Å². The third-order valence-corrected chi connectivity index (χ3v) is 4.97. The van der Waals surface area contributed by atoms with E-state index in [0.717, 1.165) is 0 Å².